The molecule has 0 aliphatic rings. The maximum Gasteiger partial charge on any atom is 3.00 e. The fourth-order valence-corrected chi connectivity index (χ4v) is 11.6. The molecule has 0 spiro atoms. The molecular weight excluding hydrogens is 1210 g/mol. The van der Waals surface area contributed by atoms with Crippen molar-refractivity contribution in [3.05, 3.63) is 290 Å². The normalized spacial score (nSPS) is 11.9. The van der Waals surface area contributed by atoms with Crippen molar-refractivity contribution >= 4 is 0 Å². The summed E-state index contributed by atoms with van der Waals surface area (Å²) >= 11 is 0. The van der Waals surface area contributed by atoms with Gasteiger partial charge in [0, 0.05) is 70.9 Å². The van der Waals surface area contributed by atoms with E-state index in [1.165, 1.54) is 86.4 Å². The van der Waals surface area contributed by atoms with Crippen LogP contribution in [-0.2, 0) is 20.1 Å². The first-order valence-corrected chi connectivity index (χ1v) is 30.0. The Bertz CT molecular complexity index is 3520. The second kappa shape index (κ2) is 30.2. The minimum absolute atomic E-state index is 0. The molecule has 0 aliphatic heterocycles. The zero-order valence-electron chi connectivity index (χ0n) is 49.7. The molecule has 3 unspecified atom stereocenters. The molecule has 0 radical (unpaired) electrons. The summed E-state index contributed by atoms with van der Waals surface area (Å²) in [6, 6.07) is 85.9. The Labute approximate surface area is 518 Å². The van der Waals surface area contributed by atoms with Crippen LogP contribution in [0.15, 0.2) is 256 Å². The molecule has 3 aromatic heterocycles. The van der Waals surface area contributed by atoms with Crippen LogP contribution >= 0.6 is 0 Å². The third kappa shape index (κ3) is 14.3. The van der Waals surface area contributed by atoms with Crippen LogP contribution < -0.4 is 0 Å². The summed E-state index contributed by atoms with van der Waals surface area (Å²) in [5.41, 5.74) is 18.1. The molecule has 0 N–H and O–H groups in total. The van der Waals surface area contributed by atoms with Crippen LogP contribution in [0.2, 0.25) is 0 Å². The zero-order valence-corrected chi connectivity index (χ0v) is 52.1. The van der Waals surface area contributed by atoms with Gasteiger partial charge in [0.25, 0.3) is 0 Å². The van der Waals surface area contributed by atoms with Gasteiger partial charge in [0.1, 0.15) is 0 Å². The molecule has 0 bridgehead atoms. The second-order valence-electron chi connectivity index (χ2n) is 21.6. The van der Waals surface area contributed by atoms with E-state index in [1.54, 1.807) is 0 Å². The maximum atomic E-state index is 4.68. The summed E-state index contributed by atoms with van der Waals surface area (Å²) in [6.45, 7) is 13.7. The van der Waals surface area contributed by atoms with E-state index in [2.05, 4.69) is 271 Å². The van der Waals surface area contributed by atoms with Crippen molar-refractivity contribution in [2.24, 2.45) is 0 Å². The number of nitrogens with zero attached hydrogens (tertiary/aromatic N) is 6. The van der Waals surface area contributed by atoms with E-state index >= 15 is 0 Å². The van der Waals surface area contributed by atoms with E-state index in [4.69, 9.17) is 0 Å². The van der Waals surface area contributed by atoms with Crippen molar-refractivity contribution in [1.82, 2.24) is 28.7 Å². The Kier molecular flexibility index (Phi) is 21.6. The predicted molar refractivity (Wildman–Crippen MR) is 350 cm³/mol. The van der Waals surface area contributed by atoms with Gasteiger partial charge in [-0.3, -0.25) is 15.0 Å². The molecule has 0 aliphatic carbocycles. The first-order valence-electron chi connectivity index (χ1n) is 30.0. The molecule has 0 amide bonds. The van der Waals surface area contributed by atoms with Crippen molar-refractivity contribution in [3.63, 3.8) is 0 Å². The summed E-state index contributed by atoms with van der Waals surface area (Å²) in [5.74, 6) is 4.19. The molecule has 426 valence electrons. The van der Waals surface area contributed by atoms with Gasteiger partial charge in [-0.15, -0.1) is 108 Å². The van der Waals surface area contributed by atoms with Crippen LogP contribution in [0.1, 0.15) is 115 Å². The van der Waals surface area contributed by atoms with Crippen molar-refractivity contribution in [2.45, 2.75) is 97.8 Å². The number of aromatic nitrogens is 6. The first kappa shape index (κ1) is 60.8. The molecule has 6 nitrogen and oxygen atoms in total. The molecule has 12 aromatic rings. The van der Waals surface area contributed by atoms with Gasteiger partial charge in [-0.2, -0.15) is 0 Å². The van der Waals surface area contributed by atoms with E-state index in [9.17, 15) is 0 Å². The van der Waals surface area contributed by atoms with Crippen LogP contribution in [0.4, 0.5) is 0 Å². The molecule has 12 rings (SSSR count). The SMILES string of the molecule is CCCC(C)c1cccc(-c2ccccc2)c1-n1ccnc1-c1[c-]cccc1.CCCC(C)c1cccc(-c2ccccc2)c1-n1ccnc1-c1[c-]cccc1.CCCC(C)c1cccc(-c2ccccc2)c1-n1ccnc1-c1[c-]cccc1.[Ir+3]. The molecule has 9 aromatic carbocycles. The van der Waals surface area contributed by atoms with Crippen LogP contribution in [0, 0.1) is 18.2 Å². The largest absolute Gasteiger partial charge is 3.00 e. The molecule has 0 saturated carbocycles. The Balaban J connectivity index is 0.000000152. The average molecular weight is 1290 g/mol. The van der Waals surface area contributed by atoms with E-state index in [0.717, 1.165) is 53.4 Å². The standard InChI is InChI=1S/3C26H25N2.Ir/c3*1-3-11-20(2)23-16-10-17-24(21-12-6-4-7-13-21)25(23)28-19-18-27-26(28)22-14-8-5-9-15-22;/h3*4-10,12-14,16-20H,3,11H2,1-2H3;/q3*-1;+3. The molecular formula is C78H75IrN6. The van der Waals surface area contributed by atoms with Crippen LogP contribution in [0.25, 0.3) is 84.6 Å². The molecule has 0 saturated heterocycles. The van der Waals surface area contributed by atoms with Gasteiger partial charge in [-0.05, 0) is 70.4 Å². The second-order valence-corrected chi connectivity index (χ2v) is 21.6. The number of imidazole rings is 3. The number of hydrogen-bond acceptors (Lipinski definition) is 3. The van der Waals surface area contributed by atoms with Gasteiger partial charge in [-0.25, -0.2) is 0 Å². The Morgan fingerprint density at radius 3 is 0.847 bits per heavy atom. The minimum Gasteiger partial charge on any atom is -0.339 e. The zero-order chi connectivity index (χ0) is 58.0. The number of hydrogen-bond donors (Lipinski definition) is 0. The van der Waals surface area contributed by atoms with E-state index in [0.29, 0.717) is 17.8 Å². The Morgan fingerprint density at radius 2 is 0.600 bits per heavy atom. The average Bonchev–Trinajstić information content (AvgIpc) is 3.79. The summed E-state index contributed by atoms with van der Waals surface area (Å²) < 4.78 is 6.70. The smallest absolute Gasteiger partial charge is 0.339 e. The van der Waals surface area contributed by atoms with E-state index in [1.807, 2.05) is 73.2 Å². The first-order chi connectivity index (χ1) is 41.4. The third-order valence-corrected chi connectivity index (χ3v) is 15.7. The molecule has 3 atom stereocenters. The van der Waals surface area contributed by atoms with Gasteiger partial charge in [-0.1, -0.05) is 206 Å². The quantitative estimate of drug-likeness (QED) is 0.0805. The number of para-hydroxylation sites is 3. The van der Waals surface area contributed by atoms with Crippen LogP contribution in [0.5, 0.6) is 0 Å². The summed E-state index contributed by atoms with van der Waals surface area (Å²) in [4.78, 5) is 14.0. The Hall–Kier alpha value is -8.74. The number of rotatable bonds is 18. The third-order valence-electron chi connectivity index (χ3n) is 15.7. The number of benzene rings is 9. The van der Waals surface area contributed by atoms with Crippen molar-refractivity contribution in [3.8, 4) is 84.6 Å². The molecule has 0 fully saturated rings. The molecule has 7 heteroatoms. The Morgan fingerprint density at radius 1 is 0.329 bits per heavy atom. The van der Waals surface area contributed by atoms with Crippen molar-refractivity contribution < 1.29 is 20.1 Å². The summed E-state index contributed by atoms with van der Waals surface area (Å²) in [7, 11) is 0. The monoisotopic (exact) mass is 1290 g/mol. The van der Waals surface area contributed by atoms with E-state index in [-0.39, 0.29) is 20.1 Å². The summed E-state index contributed by atoms with van der Waals surface area (Å²) in [5, 5.41) is 0. The predicted octanol–water partition coefficient (Wildman–Crippen LogP) is 20.7. The van der Waals surface area contributed by atoms with Crippen LogP contribution in [0.3, 0.4) is 0 Å². The maximum absolute atomic E-state index is 4.68. The fraction of sp³-hybridized carbons (Fsp3) is 0.192. The van der Waals surface area contributed by atoms with E-state index < -0.39 is 0 Å². The fourth-order valence-electron chi connectivity index (χ4n) is 11.6. The topological polar surface area (TPSA) is 53.5 Å². The van der Waals surface area contributed by atoms with Gasteiger partial charge in [0.05, 0.1) is 17.5 Å². The minimum atomic E-state index is 0. The molecule has 85 heavy (non-hydrogen) atoms. The van der Waals surface area contributed by atoms with Gasteiger partial charge >= 0.3 is 20.1 Å². The van der Waals surface area contributed by atoms with Gasteiger partial charge < -0.3 is 13.7 Å². The summed E-state index contributed by atoms with van der Waals surface area (Å²) in [6.07, 6.45) is 18.8. The van der Waals surface area contributed by atoms with Crippen molar-refractivity contribution in [1.29, 1.82) is 0 Å². The molecule has 3 heterocycles. The van der Waals surface area contributed by atoms with Crippen molar-refractivity contribution in [2.75, 3.05) is 0 Å². The van der Waals surface area contributed by atoms with Crippen LogP contribution in [-0.4, -0.2) is 28.7 Å². The van der Waals surface area contributed by atoms with Gasteiger partial charge in [0.2, 0.25) is 0 Å². The van der Waals surface area contributed by atoms with Gasteiger partial charge in [0.15, 0.2) is 0 Å².